The highest BCUT2D eigenvalue weighted by Crippen LogP contribution is 2.33. The minimum absolute atomic E-state index is 0.291. The van der Waals surface area contributed by atoms with E-state index in [0.717, 1.165) is 27.3 Å². The Labute approximate surface area is 156 Å². The molecular formula is C22H19NO4. The minimum atomic E-state index is -0.323. The molecule has 0 saturated heterocycles. The Balaban J connectivity index is 1.75. The maximum absolute atomic E-state index is 12.9. The number of carbonyl (C=O) groups is 1. The number of fused-ring (bicyclic) bond motifs is 3. The van der Waals surface area contributed by atoms with Gasteiger partial charge in [0.15, 0.2) is 5.76 Å². The Morgan fingerprint density at radius 2 is 1.78 bits per heavy atom. The summed E-state index contributed by atoms with van der Waals surface area (Å²) in [6.07, 6.45) is 0. The molecule has 0 bridgehead atoms. The number of hydrogen-bond donors (Lipinski definition) is 1. The van der Waals surface area contributed by atoms with Crippen molar-refractivity contribution in [1.82, 2.24) is 0 Å². The Morgan fingerprint density at radius 1 is 0.963 bits per heavy atom. The van der Waals surface area contributed by atoms with Crippen molar-refractivity contribution in [2.24, 2.45) is 0 Å². The van der Waals surface area contributed by atoms with E-state index in [2.05, 4.69) is 5.32 Å². The second-order valence-electron chi connectivity index (χ2n) is 6.24. The highest BCUT2D eigenvalue weighted by molar-refractivity contribution is 6.11. The number of methoxy groups -OCH3 is 2. The van der Waals surface area contributed by atoms with Gasteiger partial charge in [-0.3, -0.25) is 4.79 Å². The van der Waals surface area contributed by atoms with Crippen molar-refractivity contribution in [2.45, 2.75) is 6.92 Å². The van der Waals surface area contributed by atoms with Gasteiger partial charge in [-0.05, 0) is 24.4 Å². The molecule has 4 aromatic rings. The fourth-order valence-corrected chi connectivity index (χ4v) is 3.25. The van der Waals surface area contributed by atoms with Crippen LogP contribution in [0.2, 0.25) is 0 Å². The van der Waals surface area contributed by atoms with Gasteiger partial charge in [-0.15, -0.1) is 0 Å². The van der Waals surface area contributed by atoms with Crippen LogP contribution in [0.3, 0.4) is 0 Å². The number of anilines is 1. The molecule has 0 saturated carbocycles. The van der Waals surface area contributed by atoms with Gasteiger partial charge >= 0.3 is 0 Å². The molecule has 0 atom stereocenters. The summed E-state index contributed by atoms with van der Waals surface area (Å²) in [7, 11) is 3.12. The monoisotopic (exact) mass is 361 g/mol. The molecule has 0 radical (unpaired) electrons. The molecule has 136 valence electrons. The molecule has 4 rings (SSSR count). The topological polar surface area (TPSA) is 60.7 Å². The zero-order valence-corrected chi connectivity index (χ0v) is 15.3. The molecule has 0 unspecified atom stereocenters. The fourth-order valence-electron chi connectivity index (χ4n) is 3.25. The number of nitrogens with one attached hydrogen (secondary N) is 1. The van der Waals surface area contributed by atoms with Crippen molar-refractivity contribution >= 4 is 33.3 Å². The predicted molar refractivity (Wildman–Crippen MR) is 106 cm³/mol. The summed E-state index contributed by atoms with van der Waals surface area (Å²) in [5.74, 6) is 1.13. The third-order valence-electron chi connectivity index (χ3n) is 4.69. The Hall–Kier alpha value is -3.47. The van der Waals surface area contributed by atoms with Crippen molar-refractivity contribution < 1.29 is 18.7 Å². The first kappa shape index (κ1) is 17.0. The summed E-state index contributed by atoms with van der Waals surface area (Å²) in [6, 6.07) is 17.2. The number of benzene rings is 3. The van der Waals surface area contributed by atoms with Crippen LogP contribution in [0.4, 0.5) is 5.69 Å². The van der Waals surface area contributed by atoms with E-state index in [9.17, 15) is 4.79 Å². The van der Waals surface area contributed by atoms with E-state index in [1.807, 2.05) is 43.3 Å². The molecule has 27 heavy (non-hydrogen) atoms. The standard InChI is InChI=1S/C22H19NO4/c1-13-16-10-8-14-6-4-5-7-17(14)21(16)27-20(13)22(24)23-18-11-9-15(25-2)12-19(18)26-3/h4-12H,1-3H3,(H,23,24). The highest BCUT2D eigenvalue weighted by Gasteiger charge is 2.20. The second kappa shape index (κ2) is 6.68. The Kier molecular flexibility index (Phi) is 4.20. The molecule has 3 aromatic carbocycles. The van der Waals surface area contributed by atoms with Crippen LogP contribution >= 0.6 is 0 Å². The lowest BCUT2D eigenvalue weighted by Gasteiger charge is -2.11. The largest absolute Gasteiger partial charge is 0.497 e. The van der Waals surface area contributed by atoms with E-state index >= 15 is 0 Å². The number of hydrogen-bond acceptors (Lipinski definition) is 4. The molecule has 1 amide bonds. The van der Waals surface area contributed by atoms with Crippen LogP contribution in [-0.2, 0) is 0 Å². The van der Waals surface area contributed by atoms with Crippen LogP contribution in [0, 0.1) is 6.92 Å². The molecule has 0 spiro atoms. The van der Waals surface area contributed by atoms with Crippen LogP contribution in [0.15, 0.2) is 59.0 Å². The first-order valence-corrected chi connectivity index (χ1v) is 8.56. The first-order valence-electron chi connectivity index (χ1n) is 8.56. The van der Waals surface area contributed by atoms with Gasteiger partial charge in [-0.2, -0.15) is 0 Å². The highest BCUT2D eigenvalue weighted by atomic mass is 16.5. The van der Waals surface area contributed by atoms with Gasteiger partial charge in [0.1, 0.15) is 17.1 Å². The predicted octanol–water partition coefficient (Wildman–Crippen LogP) is 5.16. The molecule has 0 aliphatic heterocycles. The number of rotatable bonds is 4. The molecule has 0 aliphatic rings. The molecule has 1 heterocycles. The zero-order chi connectivity index (χ0) is 19.0. The smallest absolute Gasteiger partial charge is 0.291 e. The summed E-state index contributed by atoms with van der Waals surface area (Å²) in [5.41, 5.74) is 2.08. The number of amides is 1. The van der Waals surface area contributed by atoms with Gasteiger partial charge in [-0.25, -0.2) is 0 Å². The van der Waals surface area contributed by atoms with E-state index in [1.54, 1.807) is 32.4 Å². The molecule has 5 heteroatoms. The van der Waals surface area contributed by atoms with E-state index in [-0.39, 0.29) is 5.91 Å². The van der Waals surface area contributed by atoms with E-state index < -0.39 is 0 Å². The molecule has 0 aliphatic carbocycles. The molecular weight excluding hydrogens is 342 g/mol. The average Bonchev–Trinajstić information content (AvgIpc) is 3.05. The number of aryl methyl sites for hydroxylation is 1. The normalized spacial score (nSPS) is 10.9. The van der Waals surface area contributed by atoms with Crippen LogP contribution in [0.1, 0.15) is 16.1 Å². The number of furan rings is 1. The average molecular weight is 361 g/mol. The molecule has 1 aromatic heterocycles. The lowest BCUT2D eigenvalue weighted by atomic mass is 10.1. The van der Waals surface area contributed by atoms with Crippen molar-refractivity contribution in [1.29, 1.82) is 0 Å². The van der Waals surface area contributed by atoms with Gasteiger partial charge in [-0.1, -0.05) is 36.4 Å². The maximum Gasteiger partial charge on any atom is 0.291 e. The van der Waals surface area contributed by atoms with E-state index in [0.29, 0.717) is 22.9 Å². The van der Waals surface area contributed by atoms with Crippen molar-refractivity contribution in [3.05, 3.63) is 65.9 Å². The van der Waals surface area contributed by atoms with Crippen molar-refractivity contribution in [3.8, 4) is 11.5 Å². The van der Waals surface area contributed by atoms with Crippen molar-refractivity contribution in [3.63, 3.8) is 0 Å². The quantitative estimate of drug-likeness (QED) is 0.545. The fraction of sp³-hybridized carbons (Fsp3) is 0.136. The first-order chi connectivity index (χ1) is 13.1. The van der Waals surface area contributed by atoms with Gasteiger partial charge < -0.3 is 19.2 Å². The summed E-state index contributed by atoms with van der Waals surface area (Å²) in [5, 5.41) is 5.85. The summed E-state index contributed by atoms with van der Waals surface area (Å²) in [6.45, 7) is 1.89. The number of carbonyl (C=O) groups excluding carboxylic acids is 1. The third kappa shape index (κ3) is 2.87. The van der Waals surface area contributed by atoms with Crippen LogP contribution < -0.4 is 14.8 Å². The van der Waals surface area contributed by atoms with Gasteiger partial charge in [0.05, 0.1) is 19.9 Å². The van der Waals surface area contributed by atoms with Crippen LogP contribution in [0.25, 0.3) is 21.7 Å². The SMILES string of the molecule is COc1ccc(NC(=O)c2oc3c(ccc4ccccc43)c2C)c(OC)c1. The number of ether oxygens (including phenoxy) is 2. The van der Waals surface area contributed by atoms with E-state index in [1.165, 1.54) is 0 Å². The van der Waals surface area contributed by atoms with E-state index in [4.69, 9.17) is 13.9 Å². The summed E-state index contributed by atoms with van der Waals surface area (Å²) < 4.78 is 16.5. The van der Waals surface area contributed by atoms with Gasteiger partial charge in [0.25, 0.3) is 5.91 Å². The molecule has 0 fully saturated rings. The molecule has 1 N–H and O–H groups in total. The maximum atomic E-state index is 12.9. The molecule has 5 nitrogen and oxygen atoms in total. The lowest BCUT2D eigenvalue weighted by molar-refractivity contribution is 0.0997. The zero-order valence-electron chi connectivity index (χ0n) is 15.3. The summed E-state index contributed by atoms with van der Waals surface area (Å²) in [4.78, 5) is 12.9. The van der Waals surface area contributed by atoms with Crippen LogP contribution in [0.5, 0.6) is 11.5 Å². The lowest BCUT2D eigenvalue weighted by Crippen LogP contribution is -2.13. The van der Waals surface area contributed by atoms with Gasteiger partial charge in [0.2, 0.25) is 0 Å². The minimum Gasteiger partial charge on any atom is -0.497 e. The van der Waals surface area contributed by atoms with Crippen LogP contribution in [-0.4, -0.2) is 20.1 Å². The second-order valence-corrected chi connectivity index (χ2v) is 6.24. The van der Waals surface area contributed by atoms with Gasteiger partial charge in [0, 0.05) is 22.4 Å². The third-order valence-corrected chi connectivity index (χ3v) is 4.69. The Morgan fingerprint density at radius 3 is 2.56 bits per heavy atom. The summed E-state index contributed by atoms with van der Waals surface area (Å²) >= 11 is 0. The van der Waals surface area contributed by atoms with Crippen molar-refractivity contribution in [2.75, 3.05) is 19.5 Å². The Bertz CT molecular complexity index is 1160.